The Kier molecular flexibility index (Phi) is 4.01. The molecule has 5 nitrogen and oxygen atoms in total. The van der Waals surface area contributed by atoms with Crippen LogP contribution >= 0.6 is 22.9 Å². The lowest BCUT2D eigenvalue weighted by atomic mass is 10.1. The summed E-state index contributed by atoms with van der Waals surface area (Å²) >= 11 is 7.47. The molecule has 1 aromatic carbocycles. The molecule has 100 valence electrons. The van der Waals surface area contributed by atoms with Crippen molar-refractivity contribution in [2.24, 2.45) is 0 Å². The third-order valence-corrected chi connectivity index (χ3v) is 3.74. The Hall–Kier alpha value is -1.66. The first-order chi connectivity index (χ1) is 8.97. The lowest BCUT2D eigenvalue weighted by molar-refractivity contribution is -0.384. The first kappa shape index (κ1) is 13.8. The summed E-state index contributed by atoms with van der Waals surface area (Å²) in [6.07, 6.45) is 0. The van der Waals surface area contributed by atoms with Gasteiger partial charge in [-0.25, -0.2) is 4.98 Å². The van der Waals surface area contributed by atoms with Gasteiger partial charge in [0.2, 0.25) is 0 Å². The van der Waals surface area contributed by atoms with E-state index in [0.29, 0.717) is 6.54 Å². The van der Waals surface area contributed by atoms with Crippen molar-refractivity contribution in [3.63, 3.8) is 0 Å². The van der Waals surface area contributed by atoms with Crippen molar-refractivity contribution in [3.8, 4) is 0 Å². The summed E-state index contributed by atoms with van der Waals surface area (Å²) in [5.74, 6) is 0. The first-order valence-corrected chi connectivity index (χ1v) is 6.82. The monoisotopic (exact) mass is 297 g/mol. The molecule has 2 rings (SSSR count). The topological polar surface area (TPSA) is 68.1 Å². The Morgan fingerprint density at radius 1 is 1.47 bits per heavy atom. The number of nitrogens with zero attached hydrogens (tertiary/aromatic N) is 2. The molecule has 0 fully saturated rings. The number of benzene rings is 1. The van der Waals surface area contributed by atoms with Crippen molar-refractivity contribution in [2.75, 3.05) is 5.32 Å². The molecule has 1 N–H and O–H groups in total. The molecule has 0 radical (unpaired) electrons. The number of rotatable bonds is 4. The second-order valence-electron chi connectivity index (χ2n) is 4.09. The lowest BCUT2D eigenvalue weighted by Crippen LogP contribution is -2.02. The van der Waals surface area contributed by atoms with E-state index in [1.165, 1.54) is 6.07 Å². The van der Waals surface area contributed by atoms with E-state index < -0.39 is 4.92 Å². The average molecular weight is 298 g/mol. The maximum Gasteiger partial charge on any atom is 0.288 e. The highest BCUT2D eigenvalue weighted by Crippen LogP contribution is 2.30. The summed E-state index contributed by atoms with van der Waals surface area (Å²) in [6.45, 7) is 4.32. The van der Waals surface area contributed by atoms with Crippen molar-refractivity contribution in [1.82, 2.24) is 4.98 Å². The Bertz CT molecular complexity index is 627. The summed E-state index contributed by atoms with van der Waals surface area (Å²) in [7, 11) is 0. The third-order valence-electron chi connectivity index (χ3n) is 2.62. The van der Waals surface area contributed by atoms with Gasteiger partial charge in [-0.1, -0.05) is 11.6 Å². The zero-order chi connectivity index (χ0) is 14.0. The standard InChI is InChI=1S/C12H12ClN3O2S/c1-7-3-12(16(17)18)10(13)4-11(7)14-5-9-6-19-8(2)15-9/h3-4,6,14H,5H2,1-2H3. The van der Waals surface area contributed by atoms with Crippen molar-refractivity contribution in [1.29, 1.82) is 0 Å². The van der Waals surface area contributed by atoms with Gasteiger partial charge in [-0.3, -0.25) is 10.1 Å². The number of nitro benzene ring substituents is 1. The Morgan fingerprint density at radius 3 is 2.79 bits per heavy atom. The van der Waals surface area contributed by atoms with Gasteiger partial charge >= 0.3 is 0 Å². The van der Waals surface area contributed by atoms with Crippen molar-refractivity contribution in [2.45, 2.75) is 20.4 Å². The Morgan fingerprint density at radius 2 is 2.21 bits per heavy atom. The van der Waals surface area contributed by atoms with E-state index in [9.17, 15) is 10.1 Å². The molecule has 0 unspecified atom stereocenters. The van der Waals surface area contributed by atoms with Gasteiger partial charge in [0.05, 0.1) is 22.2 Å². The lowest BCUT2D eigenvalue weighted by Gasteiger charge is -2.09. The van der Waals surface area contributed by atoms with E-state index >= 15 is 0 Å². The maximum atomic E-state index is 10.8. The van der Waals surface area contributed by atoms with Crippen LogP contribution in [0.1, 0.15) is 16.3 Å². The molecule has 0 saturated heterocycles. The number of anilines is 1. The van der Waals surface area contributed by atoms with Crippen molar-refractivity contribution in [3.05, 3.63) is 48.9 Å². The van der Waals surface area contributed by atoms with E-state index in [1.807, 2.05) is 12.3 Å². The molecular formula is C12H12ClN3O2S. The number of nitrogens with one attached hydrogen (secondary N) is 1. The zero-order valence-electron chi connectivity index (χ0n) is 10.4. The van der Waals surface area contributed by atoms with Gasteiger partial charge in [0.15, 0.2) is 0 Å². The predicted molar refractivity (Wildman–Crippen MR) is 77.0 cm³/mol. The van der Waals surface area contributed by atoms with Crippen LogP contribution in [0.3, 0.4) is 0 Å². The van der Waals surface area contributed by atoms with Crippen molar-refractivity contribution >= 4 is 34.3 Å². The molecule has 0 aliphatic heterocycles. The van der Waals surface area contributed by atoms with Crippen LogP contribution < -0.4 is 5.32 Å². The SMILES string of the molecule is Cc1nc(CNc2cc(Cl)c([N+](=O)[O-])cc2C)cs1. The highest BCUT2D eigenvalue weighted by molar-refractivity contribution is 7.09. The molecule has 19 heavy (non-hydrogen) atoms. The maximum absolute atomic E-state index is 10.8. The molecule has 0 bridgehead atoms. The molecule has 0 saturated carbocycles. The summed E-state index contributed by atoms with van der Waals surface area (Å²) < 4.78 is 0. The second-order valence-corrected chi connectivity index (χ2v) is 5.56. The molecule has 0 aliphatic rings. The zero-order valence-corrected chi connectivity index (χ0v) is 12.0. The highest BCUT2D eigenvalue weighted by atomic mass is 35.5. The third kappa shape index (κ3) is 3.21. The van der Waals surface area contributed by atoms with Crippen LogP contribution in [0.4, 0.5) is 11.4 Å². The normalized spacial score (nSPS) is 10.5. The summed E-state index contributed by atoms with van der Waals surface area (Å²) in [6, 6.07) is 3.05. The molecule has 0 spiro atoms. The molecule has 1 heterocycles. The van der Waals surface area contributed by atoms with Crippen molar-refractivity contribution < 1.29 is 4.92 Å². The van der Waals surface area contributed by atoms with Crippen LogP contribution in [-0.4, -0.2) is 9.91 Å². The minimum atomic E-state index is -0.483. The van der Waals surface area contributed by atoms with E-state index in [0.717, 1.165) is 22.0 Å². The van der Waals surface area contributed by atoms with Crippen LogP contribution in [0.25, 0.3) is 0 Å². The van der Waals surface area contributed by atoms with Gasteiger partial charge in [0, 0.05) is 17.1 Å². The fourth-order valence-electron chi connectivity index (χ4n) is 1.67. The molecule has 7 heteroatoms. The number of halogens is 1. The summed E-state index contributed by atoms with van der Waals surface area (Å²) in [5, 5.41) is 17.1. The molecule has 0 atom stereocenters. The molecular weight excluding hydrogens is 286 g/mol. The summed E-state index contributed by atoms with van der Waals surface area (Å²) in [4.78, 5) is 14.6. The summed E-state index contributed by atoms with van der Waals surface area (Å²) in [5.41, 5.74) is 2.43. The van der Waals surface area contributed by atoms with E-state index in [1.54, 1.807) is 24.3 Å². The molecule has 0 aliphatic carbocycles. The van der Waals surface area contributed by atoms with E-state index in [2.05, 4.69) is 10.3 Å². The fourth-order valence-corrected chi connectivity index (χ4v) is 2.52. The van der Waals surface area contributed by atoms with E-state index in [-0.39, 0.29) is 10.7 Å². The van der Waals surface area contributed by atoms with Crippen LogP contribution in [0.2, 0.25) is 5.02 Å². The first-order valence-electron chi connectivity index (χ1n) is 5.57. The van der Waals surface area contributed by atoms with Crippen LogP contribution in [0.5, 0.6) is 0 Å². The Labute approximate surface area is 119 Å². The number of aromatic nitrogens is 1. The van der Waals surface area contributed by atoms with Crippen LogP contribution in [0, 0.1) is 24.0 Å². The van der Waals surface area contributed by atoms with Crippen LogP contribution in [-0.2, 0) is 6.54 Å². The van der Waals surface area contributed by atoms with E-state index in [4.69, 9.17) is 11.6 Å². The minimum absolute atomic E-state index is 0.0748. The second kappa shape index (κ2) is 5.54. The highest BCUT2D eigenvalue weighted by Gasteiger charge is 2.14. The largest absolute Gasteiger partial charge is 0.379 e. The number of nitro groups is 1. The number of hydrogen-bond donors (Lipinski definition) is 1. The fraction of sp³-hybridized carbons (Fsp3) is 0.250. The van der Waals surface area contributed by atoms with Gasteiger partial charge in [0.1, 0.15) is 5.02 Å². The van der Waals surface area contributed by atoms with Gasteiger partial charge in [-0.05, 0) is 25.5 Å². The molecule has 1 aromatic heterocycles. The van der Waals surface area contributed by atoms with Gasteiger partial charge < -0.3 is 5.32 Å². The quantitative estimate of drug-likeness (QED) is 0.685. The Balaban J connectivity index is 2.17. The molecule has 2 aromatic rings. The number of thiazole rings is 1. The minimum Gasteiger partial charge on any atom is -0.379 e. The molecule has 0 amide bonds. The van der Waals surface area contributed by atoms with Gasteiger partial charge in [-0.15, -0.1) is 11.3 Å². The van der Waals surface area contributed by atoms with Crippen LogP contribution in [0.15, 0.2) is 17.5 Å². The number of hydrogen-bond acceptors (Lipinski definition) is 5. The van der Waals surface area contributed by atoms with Gasteiger partial charge in [-0.2, -0.15) is 0 Å². The smallest absolute Gasteiger partial charge is 0.288 e. The number of aryl methyl sites for hydroxylation is 2. The average Bonchev–Trinajstić information content (AvgIpc) is 2.75. The predicted octanol–water partition coefficient (Wildman–Crippen LogP) is 3.93. The van der Waals surface area contributed by atoms with Gasteiger partial charge in [0.25, 0.3) is 5.69 Å².